The zero-order valence-corrected chi connectivity index (χ0v) is 7.45. The van der Waals surface area contributed by atoms with Crippen molar-refractivity contribution < 1.29 is 4.42 Å². The highest BCUT2D eigenvalue weighted by atomic mass is 31.0. The molecule has 0 fully saturated rings. The number of hydrogen-bond acceptors (Lipinski definition) is 3. The summed E-state index contributed by atoms with van der Waals surface area (Å²) in [6.45, 7) is 4.37. The molecule has 1 heterocycles. The van der Waals surface area contributed by atoms with E-state index in [1.54, 1.807) is 6.26 Å². The minimum Gasteiger partial charge on any atom is -0.447 e. The summed E-state index contributed by atoms with van der Waals surface area (Å²) in [5, 5.41) is 0. The molecule has 58 valence electrons. The van der Waals surface area contributed by atoms with E-state index >= 15 is 0 Å². The minimum absolute atomic E-state index is 0.369. The van der Waals surface area contributed by atoms with Crippen LogP contribution in [0.1, 0.15) is 19.7 Å². The number of nitrogens with zero attached hydrogens (tertiary/aromatic N) is 1. The van der Waals surface area contributed by atoms with Crippen molar-refractivity contribution in [3.63, 3.8) is 0 Å². The molecule has 0 aliphatic rings. The van der Waals surface area contributed by atoms with E-state index in [1.807, 2.05) is 13.8 Å². The van der Waals surface area contributed by atoms with E-state index in [9.17, 15) is 0 Å². The van der Waals surface area contributed by atoms with Gasteiger partial charge < -0.3 is 10.2 Å². The first-order chi connectivity index (χ1) is 4.83. The molecule has 0 aliphatic heterocycles. The van der Waals surface area contributed by atoms with Gasteiger partial charge in [0.05, 0.1) is 12.0 Å². The highest BCUT2D eigenvalue weighted by Crippen LogP contribution is 1.92. The molecular weight excluding hydrogens is 147 g/mol. The Hall–Kier alpha value is -0.400. The largest absolute Gasteiger partial charge is 0.447 e. The van der Waals surface area contributed by atoms with E-state index in [1.165, 1.54) is 0 Å². The molecule has 2 N–H and O–H groups in total. The Morgan fingerprint density at radius 1 is 1.70 bits per heavy atom. The van der Waals surface area contributed by atoms with Crippen LogP contribution in [0.25, 0.3) is 0 Å². The van der Waals surface area contributed by atoms with Crippen LogP contribution in [-0.2, 0) is 6.54 Å². The average Bonchev–Trinajstić information content (AvgIpc) is 2.40. The summed E-state index contributed by atoms with van der Waals surface area (Å²) in [4.78, 5) is 3.90. The van der Waals surface area contributed by atoms with Crippen LogP contribution in [0.3, 0.4) is 0 Å². The second kappa shape index (κ2) is 5.39. The molecule has 1 aromatic heterocycles. The SMILES string of the molecule is CC.NCc1nc(P)co1. The van der Waals surface area contributed by atoms with E-state index in [-0.39, 0.29) is 0 Å². The molecule has 1 aromatic rings. The second-order valence-electron chi connectivity index (χ2n) is 1.37. The maximum absolute atomic E-state index is 5.20. The van der Waals surface area contributed by atoms with Gasteiger partial charge in [-0.3, -0.25) is 0 Å². The van der Waals surface area contributed by atoms with Crippen molar-refractivity contribution in [3.05, 3.63) is 12.2 Å². The first-order valence-electron chi connectivity index (χ1n) is 3.23. The standard InChI is InChI=1S/C4H7N2OP.C2H6/c5-1-3-6-4(8)2-7-3;1-2/h2H,1,5,8H2;1-2H3. The summed E-state index contributed by atoms with van der Waals surface area (Å²) in [7, 11) is 2.42. The third-order valence-electron chi connectivity index (χ3n) is 0.744. The molecule has 0 spiro atoms. The third kappa shape index (κ3) is 2.95. The Morgan fingerprint density at radius 3 is 2.50 bits per heavy atom. The maximum atomic E-state index is 5.20. The molecule has 4 heteroatoms. The maximum Gasteiger partial charge on any atom is 0.208 e. The van der Waals surface area contributed by atoms with E-state index in [0.717, 1.165) is 5.44 Å². The van der Waals surface area contributed by atoms with Gasteiger partial charge in [-0.25, -0.2) is 4.98 Å². The van der Waals surface area contributed by atoms with Crippen LogP contribution in [-0.4, -0.2) is 4.98 Å². The summed E-state index contributed by atoms with van der Waals surface area (Å²) in [5.74, 6) is 0.579. The van der Waals surface area contributed by atoms with Gasteiger partial charge in [-0.15, -0.1) is 0 Å². The van der Waals surface area contributed by atoms with Gasteiger partial charge in [-0.2, -0.15) is 0 Å². The van der Waals surface area contributed by atoms with Crippen LogP contribution in [0.4, 0.5) is 0 Å². The number of oxazole rings is 1. The van der Waals surface area contributed by atoms with Crippen LogP contribution < -0.4 is 11.2 Å². The monoisotopic (exact) mass is 160 g/mol. The quantitative estimate of drug-likeness (QED) is 0.614. The lowest BCUT2D eigenvalue weighted by Gasteiger charge is -1.79. The Labute approximate surface area is 63.2 Å². The molecular formula is C6H13N2OP. The van der Waals surface area contributed by atoms with E-state index in [4.69, 9.17) is 10.2 Å². The van der Waals surface area contributed by atoms with Crippen LogP contribution in [0, 0.1) is 0 Å². The summed E-state index contributed by atoms with van der Waals surface area (Å²) >= 11 is 0. The Bertz CT molecular complexity index is 176. The normalized spacial score (nSPS) is 8.40. The molecule has 0 radical (unpaired) electrons. The third-order valence-corrected chi connectivity index (χ3v) is 1.01. The first kappa shape index (κ1) is 9.60. The highest BCUT2D eigenvalue weighted by molar-refractivity contribution is 7.26. The number of rotatable bonds is 1. The van der Waals surface area contributed by atoms with Gasteiger partial charge in [0.1, 0.15) is 6.26 Å². The lowest BCUT2D eigenvalue weighted by Crippen LogP contribution is -1.98. The van der Waals surface area contributed by atoms with Crippen molar-refractivity contribution in [3.8, 4) is 0 Å². The smallest absolute Gasteiger partial charge is 0.208 e. The van der Waals surface area contributed by atoms with Crippen LogP contribution >= 0.6 is 9.24 Å². The Balaban J connectivity index is 0.000000371. The lowest BCUT2D eigenvalue weighted by molar-refractivity contribution is 0.498. The zero-order valence-electron chi connectivity index (χ0n) is 6.29. The van der Waals surface area contributed by atoms with Gasteiger partial charge in [0.25, 0.3) is 0 Å². The summed E-state index contributed by atoms with van der Waals surface area (Å²) in [5.41, 5.74) is 5.99. The van der Waals surface area contributed by atoms with E-state index in [0.29, 0.717) is 12.4 Å². The van der Waals surface area contributed by atoms with Crippen molar-refractivity contribution >= 4 is 14.7 Å². The lowest BCUT2D eigenvalue weighted by atomic mass is 10.7. The topological polar surface area (TPSA) is 52.0 Å². The zero-order chi connectivity index (χ0) is 7.98. The molecule has 0 amide bonds. The molecule has 0 saturated heterocycles. The molecule has 1 atom stereocenters. The number of hydrogen-bond donors (Lipinski definition) is 1. The highest BCUT2D eigenvalue weighted by Gasteiger charge is 1.93. The summed E-state index contributed by atoms with van der Waals surface area (Å²) in [6, 6.07) is 0. The van der Waals surface area contributed by atoms with Crippen molar-refractivity contribution in [2.24, 2.45) is 5.73 Å². The van der Waals surface area contributed by atoms with Gasteiger partial charge in [-0.05, 0) is 0 Å². The molecule has 0 aromatic carbocycles. The Kier molecular flexibility index (Phi) is 5.17. The molecule has 10 heavy (non-hydrogen) atoms. The molecule has 3 nitrogen and oxygen atoms in total. The van der Waals surface area contributed by atoms with Crippen molar-refractivity contribution in [2.75, 3.05) is 0 Å². The van der Waals surface area contributed by atoms with Gasteiger partial charge in [0, 0.05) is 0 Å². The summed E-state index contributed by atoms with van der Waals surface area (Å²) < 4.78 is 4.86. The average molecular weight is 160 g/mol. The van der Waals surface area contributed by atoms with Crippen molar-refractivity contribution in [2.45, 2.75) is 20.4 Å². The fourth-order valence-electron chi connectivity index (χ4n) is 0.419. The van der Waals surface area contributed by atoms with Gasteiger partial charge in [-0.1, -0.05) is 23.1 Å². The fourth-order valence-corrected chi connectivity index (χ4v) is 0.631. The van der Waals surface area contributed by atoms with E-state index < -0.39 is 0 Å². The van der Waals surface area contributed by atoms with E-state index in [2.05, 4.69) is 14.2 Å². The number of nitrogens with two attached hydrogens (primary N) is 1. The molecule has 1 rings (SSSR count). The Morgan fingerprint density at radius 2 is 2.30 bits per heavy atom. The fraction of sp³-hybridized carbons (Fsp3) is 0.500. The molecule has 0 saturated carbocycles. The van der Waals surface area contributed by atoms with Gasteiger partial charge in [0.2, 0.25) is 5.89 Å². The molecule has 0 aliphatic carbocycles. The molecule has 1 unspecified atom stereocenters. The predicted molar refractivity (Wildman–Crippen MR) is 45.1 cm³/mol. The van der Waals surface area contributed by atoms with Gasteiger partial charge in [0.15, 0.2) is 0 Å². The number of aromatic nitrogens is 1. The van der Waals surface area contributed by atoms with Crippen LogP contribution in [0.2, 0.25) is 0 Å². The van der Waals surface area contributed by atoms with Crippen molar-refractivity contribution in [1.82, 2.24) is 4.98 Å². The summed E-state index contributed by atoms with van der Waals surface area (Å²) in [6.07, 6.45) is 1.55. The van der Waals surface area contributed by atoms with Crippen molar-refractivity contribution in [1.29, 1.82) is 0 Å². The van der Waals surface area contributed by atoms with Crippen LogP contribution in [0.5, 0.6) is 0 Å². The van der Waals surface area contributed by atoms with Crippen LogP contribution in [0.15, 0.2) is 10.7 Å². The predicted octanol–water partition coefficient (Wildman–Crippen LogP) is 0.660. The second-order valence-corrected chi connectivity index (χ2v) is 1.96. The minimum atomic E-state index is 0.369. The van der Waals surface area contributed by atoms with Gasteiger partial charge >= 0.3 is 0 Å². The first-order valence-corrected chi connectivity index (χ1v) is 3.80. The molecule has 0 bridgehead atoms.